The number of hydrogen-bond acceptors (Lipinski definition) is 3. The molecule has 1 aliphatic rings. The molecule has 1 fully saturated rings. The fourth-order valence-corrected chi connectivity index (χ4v) is 2.70. The van der Waals surface area contributed by atoms with E-state index in [1.807, 2.05) is 31.2 Å². The van der Waals surface area contributed by atoms with Gasteiger partial charge in [0.25, 0.3) is 0 Å². The van der Waals surface area contributed by atoms with Gasteiger partial charge in [0, 0.05) is 4.47 Å². The van der Waals surface area contributed by atoms with Crippen molar-refractivity contribution >= 4 is 21.9 Å². The third-order valence-electron chi connectivity index (χ3n) is 3.45. The summed E-state index contributed by atoms with van der Waals surface area (Å²) in [5.74, 6) is 0.450. The van der Waals surface area contributed by atoms with E-state index in [4.69, 9.17) is 4.74 Å². The van der Waals surface area contributed by atoms with Gasteiger partial charge in [-0.1, -0.05) is 34.1 Å². The first-order chi connectivity index (χ1) is 8.58. The Labute approximate surface area is 116 Å². The third-order valence-corrected chi connectivity index (χ3v) is 4.14. The molecule has 0 amide bonds. The maximum absolute atomic E-state index is 12.1. The molecule has 1 unspecified atom stereocenters. The molecule has 0 spiro atoms. The average molecular weight is 312 g/mol. The summed E-state index contributed by atoms with van der Waals surface area (Å²) in [4.78, 5) is 12.1. The number of methoxy groups -OCH3 is 1. The fraction of sp³-hybridized carbons (Fsp3) is 0.500. The summed E-state index contributed by atoms with van der Waals surface area (Å²) in [6, 6.07) is 7.75. The maximum Gasteiger partial charge on any atom is 0.330 e. The van der Waals surface area contributed by atoms with Crippen molar-refractivity contribution in [1.29, 1.82) is 0 Å². The lowest BCUT2D eigenvalue weighted by Crippen LogP contribution is -2.48. The summed E-state index contributed by atoms with van der Waals surface area (Å²) in [5, 5.41) is 3.36. The van der Waals surface area contributed by atoms with E-state index in [9.17, 15) is 4.79 Å². The number of carbonyl (C=O) groups is 1. The van der Waals surface area contributed by atoms with Gasteiger partial charge in [-0.2, -0.15) is 0 Å². The molecule has 1 saturated carbocycles. The Balaban J connectivity index is 2.27. The molecule has 0 aliphatic heterocycles. The lowest BCUT2D eigenvalue weighted by Gasteiger charge is -2.29. The van der Waals surface area contributed by atoms with E-state index in [2.05, 4.69) is 21.2 Å². The second-order valence-corrected chi connectivity index (χ2v) is 5.78. The summed E-state index contributed by atoms with van der Waals surface area (Å²) < 4.78 is 5.87. The molecule has 1 N–H and O–H groups in total. The summed E-state index contributed by atoms with van der Waals surface area (Å²) in [6.07, 6.45) is 2.50. The molecule has 3 nitrogen and oxygen atoms in total. The van der Waals surface area contributed by atoms with Crippen LogP contribution in [0.25, 0.3) is 0 Å². The number of rotatable bonds is 5. The lowest BCUT2D eigenvalue weighted by molar-refractivity contribution is -0.148. The molecule has 0 heterocycles. The molecule has 0 saturated heterocycles. The SMILES string of the molecule is COC(=O)C(C)(NCC1CC1)c1ccccc1Br. The topological polar surface area (TPSA) is 38.3 Å². The van der Waals surface area contributed by atoms with E-state index in [-0.39, 0.29) is 5.97 Å². The van der Waals surface area contributed by atoms with Gasteiger partial charge in [0.2, 0.25) is 0 Å². The molecule has 2 rings (SSSR count). The normalized spacial score (nSPS) is 18.2. The summed E-state index contributed by atoms with van der Waals surface area (Å²) in [7, 11) is 1.43. The smallest absolute Gasteiger partial charge is 0.330 e. The minimum Gasteiger partial charge on any atom is -0.467 e. The molecule has 18 heavy (non-hydrogen) atoms. The number of carbonyl (C=O) groups excluding carboxylic acids is 1. The van der Waals surface area contributed by atoms with Gasteiger partial charge in [-0.25, -0.2) is 4.79 Å². The van der Waals surface area contributed by atoms with Gasteiger partial charge in [0.15, 0.2) is 0 Å². The number of nitrogens with one attached hydrogen (secondary N) is 1. The van der Waals surface area contributed by atoms with Crippen LogP contribution in [0.2, 0.25) is 0 Å². The van der Waals surface area contributed by atoms with Crippen molar-refractivity contribution < 1.29 is 9.53 Å². The van der Waals surface area contributed by atoms with Crippen molar-refractivity contribution in [2.24, 2.45) is 5.92 Å². The van der Waals surface area contributed by atoms with Crippen LogP contribution in [0.5, 0.6) is 0 Å². The standard InChI is InChI=1S/C14H18BrNO2/c1-14(13(17)18-2,16-9-10-7-8-10)11-5-3-4-6-12(11)15/h3-6,10,16H,7-9H2,1-2H3. The third kappa shape index (κ3) is 2.75. The van der Waals surface area contributed by atoms with Gasteiger partial charge in [0.05, 0.1) is 7.11 Å². The first-order valence-corrected chi connectivity index (χ1v) is 6.95. The minimum atomic E-state index is -0.794. The van der Waals surface area contributed by atoms with Gasteiger partial charge in [0.1, 0.15) is 5.54 Å². The monoisotopic (exact) mass is 311 g/mol. The van der Waals surface area contributed by atoms with Crippen LogP contribution in [0.4, 0.5) is 0 Å². The molecule has 98 valence electrons. The van der Waals surface area contributed by atoms with Crippen molar-refractivity contribution in [3.8, 4) is 0 Å². The van der Waals surface area contributed by atoms with Crippen molar-refractivity contribution in [3.63, 3.8) is 0 Å². The van der Waals surface area contributed by atoms with Crippen molar-refractivity contribution in [1.82, 2.24) is 5.32 Å². The van der Waals surface area contributed by atoms with Gasteiger partial charge >= 0.3 is 5.97 Å². The predicted octanol–water partition coefficient (Wildman–Crippen LogP) is 2.84. The van der Waals surface area contributed by atoms with Crippen LogP contribution in [-0.2, 0) is 15.1 Å². The zero-order valence-electron chi connectivity index (χ0n) is 10.7. The summed E-state index contributed by atoms with van der Waals surface area (Å²) in [5.41, 5.74) is 0.120. The largest absolute Gasteiger partial charge is 0.467 e. The molecule has 0 bridgehead atoms. The molecule has 0 aromatic heterocycles. The van der Waals surface area contributed by atoms with Crippen LogP contribution in [0.1, 0.15) is 25.3 Å². The molecular formula is C14H18BrNO2. The lowest BCUT2D eigenvalue weighted by atomic mass is 9.92. The Kier molecular flexibility index (Phi) is 4.07. The summed E-state index contributed by atoms with van der Waals surface area (Å²) in [6.45, 7) is 2.73. The molecule has 1 aliphatic carbocycles. The Morgan fingerprint density at radius 2 is 2.17 bits per heavy atom. The quantitative estimate of drug-likeness (QED) is 0.850. The highest BCUT2D eigenvalue weighted by atomic mass is 79.9. The number of ether oxygens (including phenoxy) is 1. The highest BCUT2D eigenvalue weighted by Gasteiger charge is 2.38. The molecule has 4 heteroatoms. The Morgan fingerprint density at radius 3 is 2.72 bits per heavy atom. The van der Waals surface area contributed by atoms with Crippen LogP contribution in [0.15, 0.2) is 28.7 Å². The van der Waals surface area contributed by atoms with E-state index in [0.29, 0.717) is 5.92 Å². The highest BCUT2D eigenvalue weighted by molar-refractivity contribution is 9.10. The van der Waals surface area contributed by atoms with E-state index >= 15 is 0 Å². The minimum absolute atomic E-state index is 0.255. The van der Waals surface area contributed by atoms with Gasteiger partial charge in [-0.15, -0.1) is 0 Å². The summed E-state index contributed by atoms with van der Waals surface area (Å²) >= 11 is 3.50. The highest BCUT2D eigenvalue weighted by Crippen LogP contribution is 2.32. The zero-order valence-corrected chi connectivity index (χ0v) is 12.3. The first-order valence-electron chi connectivity index (χ1n) is 6.16. The van der Waals surface area contributed by atoms with Crippen molar-refractivity contribution in [3.05, 3.63) is 34.3 Å². The Bertz CT molecular complexity index is 445. The van der Waals surface area contributed by atoms with E-state index in [1.165, 1.54) is 20.0 Å². The van der Waals surface area contributed by atoms with E-state index in [0.717, 1.165) is 16.6 Å². The van der Waals surface area contributed by atoms with Gasteiger partial charge in [-0.3, -0.25) is 5.32 Å². The predicted molar refractivity (Wildman–Crippen MR) is 74.2 cm³/mol. The number of halogens is 1. The van der Waals surface area contributed by atoms with Crippen molar-refractivity contribution in [2.45, 2.75) is 25.3 Å². The number of benzene rings is 1. The molecule has 1 aromatic carbocycles. The van der Waals surface area contributed by atoms with Gasteiger partial charge < -0.3 is 4.74 Å². The zero-order chi connectivity index (χ0) is 13.2. The average Bonchev–Trinajstić information content (AvgIpc) is 3.19. The van der Waals surface area contributed by atoms with Crippen LogP contribution in [0.3, 0.4) is 0 Å². The fourth-order valence-electron chi connectivity index (χ4n) is 2.02. The second kappa shape index (κ2) is 5.41. The Morgan fingerprint density at radius 1 is 1.50 bits per heavy atom. The molecule has 0 radical (unpaired) electrons. The van der Waals surface area contributed by atoms with Gasteiger partial charge in [-0.05, 0) is 43.9 Å². The van der Waals surface area contributed by atoms with Crippen LogP contribution in [-0.4, -0.2) is 19.6 Å². The number of hydrogen-bond donors (Lipinski definition) is 1. The van der Waals surface area contributed by atoms with Crippen LogP contribution < -0.4 is 5.32 Å². The maximum atomic E-state index is 12.1. The molecular weight excluding hydrogens is 294 g/mol. The number of esters is 1. The Hall–Kier alpha value is -0.870. The van der Waals surface area contributed by atoms with Crippen LogP contribution in [0, 0.1) is 5.92 Å². The molecule has 1 atom stereocenters. The van der Waals surface area contributed by atoms with E-state index < -0.39 is 5.54 Å². The molecule has 1 aromatic rings. The van der Waals surface area contributed by atoms with Crippen molar-refractivity contribution in [2.75, 3.05) is 13.7 Å². The second-order valence-electron chi connectivity index (χ2n) is 4.92. The van der Waals surface area contributed by atoms with E-state index in [1.54, 1.807) is 0 Å². The first kappa shape index (κ1) is 13.6. The van der Waals surface area contributed by atoms with Crippen LogP contribution >= 0.6 is 15.9 Å².